The predicted molar refractivity (Wildman–Crippen MR) is 71.7 cm³/mol. The van der Waals surface area contributed by atoms with Gasteiger partial charge in [-0.25, -0.2) is 0 Å². The molecule has 0 aromatic heterocycles. The maximum absolute atomic E-state index is 5.33. The van der Waals surface area contributed by atoms with Crippen molar-refractivity contribution in [3.8, 4) is 12.3 Å². The molecule has 0 bridgehead atoms. The summed E-state index contributed by atoms with van der Waals surface area (Å²) in [5.74, 6) is 2.66. The lowest BCUT2D eigenvalue weighted by Gasteiger charge is -2.18. The summed E-state index contributed by atoms with van der Waals surface area (Å²) in [5, 5.41) is 3.32. The van der Waals surface area contributed by atoms with E-state index in [-0.39, 0.29) is 12.1 Å². The van der Waals surface area contributed by atoms with Crippen LogP contribution in [0.4, 0.5) is 0 Å². The molecule has 0 fully saturated rings. The Morgan fingerprint density at radius 2 is 2.00 bits per heavy atom. The van der Waals surface area contributed by atoms with Crippen LogP contribution in [-0.2, 0) is 0 Å². The van der Waals surface area contributed by atoms with Gasteiger partial charge in [-0.15, -0.1) is 6.42 Å². The molecular weight excluding hydrogens is 318 g/mol. The van der Waals surface area contributed by atoms with Crippen LogP contribution in [0.3, 0.4) is 0 Å². The summed E-state index contributed by atoms with van der Waals surface area (Å²) in [4.78, 5) is 0. The number of rotatable bonds is 3. The monoisotopic (exact) mass is 329 g/mol. The first-order chi connectivity index (χ1) is 7.04. The van der Waals surface area contributed by atoms with Crippen LogP contribution in [0.2, 0.25) is 0 Å². The zero-order valence-electron chi connectivity index (χ0n) is 8.72. The van der Waals surface area contributed by atoms with Gasteiger partial charge in [0.1, 0.15) is 0 Å². The molecule has 2 unspecified atom stereocenters. The van der Waals surface area contributed by atoms with E-state index in [1.54, 1.807) is 0 Å². The van der Waals surface area contributed by atoms with Gasteiger partial charge < -0.3 is 0 Å². The van der Waals surface area contributed by atoms with Gasteiger partial charge in [-0.1, -0.05) is 43.8 Å². The number of terminal acetylenes is 1. The van der Waals surface area contributed by atoms with E-state index < -0.39 is 0 Å². The third-order valence-corrected chi connectivity index (χ3v) is 3.36. The second kappa shape index (κ2) is 5.69. The van der Waals surface area contributed by atoms with E-state index >= 15 is 0 Å². The Hall–Kier alpha value is -0.300. The molecule has 0 aliphatic heterocycles. The standard InChI is InChI=1S/C12H13Br2N/c1-4-8(2)15-9(3)11-6-5-10(13)7-12(11)14/h1,5-9,15H,2-3H3. The fourth-order valence-electron chi connectivity index (χ4n) is 1.37. The molecule has 2 atom stereocenters. The van der Waals surface area contributed by atoms with Gasteiger partial charge in [0.05, 0.1) is 6.04 Å². The summed E-state index contributed by atoms with van der Waals surface area (Å²) in [6, 6.07) is 6.45. The summed E-state index contributed by atoms with van der Waals surface area (Å²) >= 11 is 6.97. The molecule has 0 aliphatic rings. The smallest absolute Gasteiger partial charge is 0.0662 e. The van der Waals surface area contributed by atoms with E-state index in [4.69, 9.17) is 6.42 Å². The van der Waals surface area contributed by atoms with Gasteiger partial charge in [0.15, 0.2) is 0 Å². The van der Waals surface area contributed by atoms with Gasteiger partial charge in [0, 0.05) is 15.0 Å². The highest BCUT2D eigenvalue weighted by Crippen LogP contribution is 2.26. The van der Waals surface area contributed by atoms with Crippen molar-refractivity contribution in [3.05, 3.63) is 32.7 Å². The predicted octanol–water partition coefficient (Wildman–Crippen LogP) is 3.88. The van der Waals surface area contributed by atoms with E-state index in [1.807, 2.05) is 19.1 Å². The van der Waals surface area contributed by atoms with Crippen molar-refractivity contribution < 1.29 is 0 Å². The SMILES string of the molecule is C#CC(C)NC(C)c1ccc(Br)cc1Br. The summed E-state index contributed by atoms with van der Waals surface area (Å²) in [6.07, 6.45) is 5.33. The van der Waals surface area contributed by atoms with E-state index in [2.05, 4.69) is 56.1 Å². The maximum atomic E-state index is 5.33. The quantitative estimate of drug-likeness (QED) is 0.829. The van der Waals surface area contributed by atoms with Crippen LogP contribution >= 0.6 is 31.9 Å². The van der Waals surface area contributed by atoms with Gasteiger partial charge in [-0.05, 0) is 31.5 Å². The molecule has 0 spiro atoms. The first kappa shape index (κ1) is 12.8. The van der Waals surface area contributed by atoms with Gasteiger partial charge in [-0.3, -0.25) is 5.32 Å². The van der Waals surface area contributed by atoms with Crippen LogP contribution in [0.1, 0.15) is 25.5 Å². The average molecular weight is 331 g/mol. The van der Waals surface area contributed by atoms with Crippen LogP contribution in [-0.4, -0.2) is 6.04 Å². The molecule has 1 N–H and O–H groups in total. The molecule has 3 heteroatoms. The van der Waals surface area contributed by atoms with Gasteiger partial charge in [-0.2, -0.15) is 0 Å². The Morgan fingerprint density at radius 3 is 2.53 bits per heavy atom. The summed E-state index contributed by atoms with van der Waals surface area (Å²) in [5.41, 5.74) is 1.21. The molecule has 80 valence electrons. The third-order valence-electron chi connectivity index (χ3n) is 2.18. The molecule has 0 saturated heterocycles. The first-order valence-electron chi connectivity index (χ1n) is 4.71. The lowest BCUT2D eigenvalue weighted by molar-refractivity contribution is 0.544. The van der Waals surface area contributed by atoms with Crippen LogP contribution < -0.4 is 5.32 Å². The number of hydrogen-bond acceptors (Lipinski definition) is 1. The number of halogens is 2. The molecule has 0 aliphatic carbocycles. The van der Waals surface area contributed by atoms with Crippen LogP contribution in [0.15, 0.2) is 27.1 Å². The van der Waals surface area contributed by atoms with E-state index in [9.17, 15) is 0 Å². The first-order valence-corrected chi connectivity index (χ1v) is 6.30. The molecule has 0 heterocycles. The van der Waals surface area contributed by atoms with Crippen molar-refractivity contribution in [3.63, 3.8) is 0 Å². The van der Waals surface area contributed by atoms with Crippen molar-refractivity contribution in [1.29, 1.82) is 0 Å². The van der Waals surface area contributed by atoms with Gasteiger partial charge in [0.2, 0.25) is 0 Å². The Balaban J connectivity index is 2.83. The second-order valence-corrected chi connectivity index (χ2v) is 5.21. The number of hydrogen-bond donors (Lipinski definition) is 1. The van der Waals surface area contributed by atoms with Crippen molar-refractivity contribution in [2.45, 2.75) is 25.9 Å². The Labute approximate surface area is 108 Å². The summed E-state index contributed by atoms with van der Waals surface area (Å²) in [6.45, 7) is 4.07. The Morgan fingerprint density at radius 1 is 1.33 bits per heavy atom. The summed E-state index contributed by atoms with van der Waals surface area (Å²) < 4.78 is 2.15. The largest absolute Gasteiger partial charge is 0.297 e. The average Bonchev–Trinajstić information content (AvgIpc) is 2.17. The van der Waals surface area contributed by atoms with Gasteiger partial charge >= 0.3 is 0 Å². The lowest BCUT2D eigenvalue weighted by atomic mass is 10.1. The van der Waals surface area contributed by atoms with E-state index in [0.717, 1.165) is 8.95 Å². The molecule has 0 amide bonds. The van der Waals surface area contributed by atoms with Crippen molar-refractivity contribution in [2.24, 2.45) is 0 Å². The lowest BCUT2D eigenvalue weighted by Crippen LogP contribution is -2.27. The molecule has 1 nitrogen and oxygen atoms in total. The molecule has 0 saturated carbocycles. The zero-order valence-corrected chi connectivity index (χ0v) is 11.9. The van der Waals surface area contributed by atoms with Crippen molar-refractivity contribution in [1.82, 2.24) is 5.32 Å². The second-order valence-electron chi connectivity index (χ2n) is 3.44. The van der Waals surface area contributed by atoms with Crippen LogP contribution in [0.25, 0.3) is 0 Å². The molecule has 1 aromatic rings. The fourth-order valence-corrected chi connectivity index (χ4v) is 2.76. The number of benzene rings is 1. The minimum atomic E-state index is 0.0792. The highest BCUT2D eigenvalue weighted by atomic mass is 79.9. The maximum Gasteiger partial charge on any atom is 0.0662 e. The molecular formula is C12H13Br2N. The zero-order chi connectivity index (χ0) is 11.4. The highest BCUT2D eigenvalue weighted by Gasteiger charge is 2.10. The van der Waals surface area contributed by atoms with E-state index in [0.29, 0.717) is 0 Å². The third kappa shape index (κ3) is 3.64. The normalized spacial score (nSPS) is 14.3. The topological polar surface area (TPSA) is 12.0 Å². The minimum Gasteiger partial charge on any atom is -0.297 e. The molecule has 1 aromatic carbocycles. The minimum absolute atomic E-state index is 0.0792. The van der Waals surface area contributed by atoms with Crippen molar-refractivity contribution in [2.75, 3.05) is 0 Å². The Kier molecular flexibility index (Phi) is 4.85. The van der Waals surface area contributed by atoms with Crippen LogP contribution in [0.5, 0.6) is 0 Å². The fraction of sp³-hybridized carbons (Fsp3) is 0.333. The highest BCUT2D eigenvalue weighted by molar-refractivity contribution is 9.11. The van der Waals surface area contributed by atoms with Crippen LogP contribution in [0, 0.1) is 12.3 Å². The molecule has 0 radical (unpaired) electrons. The van der Waals surface area contributed by atoms with E-state index in [1.165, 1.54) is 5.56 Å². The Bertz CT molecular complexity index is 382. The number of nitrogens with one attached hydrogen (secondary N) is 1. The molecule has 15 heavy (non-hydrogen) atoms. The van der Waals surface area contributed by atoms with Crippen molar-refractivity contribution >= 4 is 31.9 Å². The summed E-state index contributed by atoms with van der Waals surface area (Å²) in [7, 11) is 0. The molecule has 1 rings (SSSR count). The van der Waals surface area contributed by atoms with Gasteiger partial charge in [0.25, 0.3) is 0 Å².